The Morgan fingerprint density at radius 1 is 1.04 bits per heavy atom. The van der Waals surface area contributed by atoms with Crippen LogP contribution in [-0.4, -0.2) is 21.7 Å². The molecule has 0 fully saturated rings. The number of hydrogen-bond donors (Lipinski definition) is 1. The summed E-state index contributed by atoms with van der Waals surface area (Å²) in [6, 6.07) is 15.8. The molecule has 1 aromatic heterocycles. The Labute approximate surface area is 159 Å². The normalized spacial score (nSPS) is 12.9. The van der Waals surface area contributed by atoms with E-state index in [-0.39, 0.29) is 0 Å². The third-order valence-electron chi connectivity index (χ3n) is 4.49. The minimum Gasteiger partial charge on any atom is -0.479 e. The number of nitrogens with zero attached hydrogens (tertiary/aromatic N) is 1. The lowest BCUT2D eigenvalue weighted by atomic mass is 9.89. The van der Waals surface area contributed by atoms with E-state index in [2.05, 4.69) is 4.98 Å². The molecule has 0 aliphatic heterocycles. The first kappa shape index (κ1) is 19.1. The number of rotatable bonds is 4. The number of pyridine rings is 1. The van der Waals surface area contributed by atoms with Gasteiger partial charge in [0.05, 0.1) is 11.1 Å². The first-order valence-corrected chi connectivity index (χ1v) is 9.05. The average Bonchev–Trinajstić information content (AvgIpc) is 2.58. The standard InChI is InChI=1S/C23H25NO3/c1-14-10-6-7-11-16(14)20-17-12-8-9-13-18(17)24-15(2)19(20)21(22(25)26)27-23(3,4)5/h6-13,21H,1-5H3,(H,25,26). The fraction of sp³-hybridized carbons (Fsp3) is 0.304. The molecule has 0 aliphatic carbocycles. The van der Waals surface area contributed by atoms with Gasteiger partial charge in [0.1, 0.15) is 0 Å². The lowest BCUT2D eigenvalue weighted by Gasteiger charge is -2.28. The second-order valence-electron chi connectivity index (χ2n) is 7.77. The van der Waals surface area contributed by atoms with Crippen LogP contribution in [0.5, 0.6) is 0 Å². The predicted octanol–water partition coefficient (Wildman–Crippen LogP) is 5.46. The second-order valence-corrected chi connectivity index (χ2v) is 7.77. The van der Waals surface area contributed by atoms with Crippen molar-refractivity contribution in [1.82, 2.24) is 4.98 Å². The topological polar surface area (TPSA) is 59.4 Å². The molecular formula is C23H25NO3. The lowest BCUT2D eigenvalue weighted by Crippen LogP contribution is -2.28. The van der Waals surface area contributed by atoms with Crippen LogP contribution in [-0.2, 0) is 9.53 Å². The smallest absolute Gasteiger partial charge is 0.337 e. The van der Waals surface area contributed by atoms with E-state index >= 15 is 0 Å². The van der Waals surface area contributed by atoms with Gasteiger partial charge in [0.2, 0.25) is 0 Å². The van der Waals surface area contributed by atoms with Crippen LogP contribution in [0.4, 0.5) is 0 Å². The summed E-state index contributed by atoms with van der Waals surface area (Å²) >= 11 is 0. The van der Waals surface area contributed by atoms with Gasteiger partial charge in [-0.05, 0) is 57.4 Å². The molecule has 0 amide bonds. The summed E-state index contributed by atoms with van der Waals surface area (Å²) in [6.45, 7) is 9.47. The van der Waals surface area contributed by atoms with Crippen molar-refractivity contribution in [2.75, 3.05) is 0 Å². The highest BCUT2D eigenvalue weighted by Crippen LogP contribution is 2.40. The van der Waals surface area contributed by atoms with E-state index in [4.69, 9.17) is 4.74 Å². The van der Waals surface area contributed by atoms with E-state index in [9.17, 15) is 9.90 Å². The van der Waals surface area contributed by atoms with E-state index < -0.39 is 17.7 Å². The van der Waals surface area contributed by atoms with Crippen molar-refractivity contribution < 1.29 is 14.6 Å². The molecule has 27 heavy (non-hydrogen) atoms. The Morgan fingerprint density at radius 3 is 2.30 bits per heavy atom. The van der Waals surface area contributed by atoms with Crippen molar-refractivity contribution in [3.05, 3.63) is 65.4 Å². The quantitative estimate of drug-likeness (QED) is 0.669. The van der Waals surface area contributed by atoms with Gasteiger partial charge in [0.15, 0.2) is 6.10 Å². The Morgan fingerprint density at radius 2 is 1.67 bits per heavy atom. The molecule has 3 aromatic rings. The average molecular weight is 363 g/mol. The summed E-state index contributed by atoms with van der Waals surface area (Å²) in [7, 11) is 0. The van der Waals surface area contributed by atoms with Crippen molar-refractivity contribution in [3.8, 4) is 11.1 Å². The monoisotopic (exact) mass is 363 g/mol. The van der Waals surface area contributed by atoms with Gasteiger partial charge in [-0.1, -0.05) is 42.5 Å². The van der Waals surface area contributed by atoms with Crippen LogP contribution in [0.1, 0.15) is 43.7 Å². The van der Waals surface area contributed by atoms with Crippen LogP contribution in [0.2, 0.25) is 0 Å². The predicted molar refractivity (Wildman–Crippen MR) is 108 cm³/mol. The SMILES string of the molecule is Cc1ccccc1-c1c(C(OC(C)(C)C)C(=O)O)c(C)nc2ccccc12. The molecule has 1 atom stereocenters. The van der Waals surface area contributed by atoms with Crippen molar-refractivity contribution in [1.29, 1.82) is 0 Å². The van der Waals surface area contributed by atoms with Gasteiger partial charge < -0.3 is 9.84 Å². The lowest BCUT2D eigenvalue weighted by molar-refractivity contribution is -0.160. The number of benzene rings is 2. The molecule has 140 valence electrons. The van der Waals surface area contributed by atoms with Gasteiger partial charge in [-0.2, -0.15) is 0 Å². The third kappa shape index (κ3) is 3.86. The summed E-state index contributed by atoms with van der Waals surface area (Å²) in [5, 5.41) is 10.9. The first-order chi connectivity index (χ1) is 12.7. The Hall–Kier alpha value is -2.72. The Bertz CT molecular complexity index is 1000. The fourth-order valence-electron chi connectivity index (χ4n) is 3.40. The number of aromatic nitrogens is 1. The molecule has 0 aliphatic rings. The van der Waals surface area contributed by atoms with Crippen molar-refractivity contribution in [3.63, 3.8) is 0 Å². The summed E-state index contributed by atoms with van der Waals surface area (Å²) < 4.78 is 5.98. The minimum absolute atomic E-state index is 0.607. The zero-order valence-corrected chi connectivity index (χ0v) is 16.4. The van der Waals surface area contributed by atoms with Gasteiger partial charge in [-0.15, -0.1) is 0 Å². The highest BCUT2D eigenvalue weighted by molar-refractivity contribution is 5.99. The molecule has 1 heterocycles. The van der Waals surface area contributed by atoms with Crippen LogP contribution in [0.3, 0.4) is 0 Å². The molecular weight excluding hydrogens is 338 g/mol. The highest BCUT2D eigenvalue weighted by atomic mass is 16.5. The summed E-state index contributed by atoms with van der Waals surface area (Å²) in [5.41, 5.74) is 4.48. The number of hydrogen-bond acceptors (Lipinski definition) is 3. The van der Waals surface area contributed by atoms with Crippen LogP contribution >= 0.6 is 0 Å². The number of fused-ring (bicyclic) bond motifs is 1. The van der Waals surface area contributed by atoms with E-state index in [0.717, 1.165) is 27.6 Å². The molecule has 2 aromatic carbocycles. The first-order valence-electron chi connectivity index (χ1n) is 9.05. The van der Waals surface area contributed by atoms with Crippen LogP contribution in [0.15, 0.2) is 48.5 Å². The number of carbonyl (C=O) groups is 1. The summed E-state index contributed by atoms with van der Waals surface area (Å²) in [5.74, 6) is -1.01. The van der Waals surface area contributed by atoms with Gasteiger partial charge in [0, 0.05) is 16.6 Å². The van der Waals surface area contributed by atoms with Crippen molar-refractivity contribution in [2.45, 2.75) is 46.3 Å². The Kier molecular flexibility index (Phi) is 5.03. The van der Waals surface area contributed by atoms with Gasteiger partial charge >= 0.3 is 5.97 Å². The highest BCUT2D eigenvalue weighted by Gasteiger charge is 2.32. The number of ether oxygens (including phenoxy) is 1. The Balaban J connectivity index is 2.41. The van der Waals surface area contributed by atoms with Crippen molar-refractivity contribution in [2.24, 2.45) is 0 Å². The molecule has 0 spiro atoms. The fourth-order valence-corrected chi connectivity index (χ4v) is 3.40. The summed E-state index contributed by atoms with van der Waals surface area (Å²) in [6.07, 6.45) is -1.10. The number of para-hydroxylation sites is 1. The maximum absolute atomic E-state index is 12.2. The molecule has 1 N–H and O–H groups in total. The van der Waals surface area contributed by atoms with Gasteiger partial charge in [-0.3, -0.25) is 4.98 Å². The van der Waals surface area contributed by atoms with Gasteiger partial charge in [-0.25, -0.2) is 4.79 Å². The zero-order chi connectivity index (χ0) is 19.8. The van der Waals surface area contributed by atoms with Crippen LogP contribution in [0, 0.1) is 13.8 Å². The van der Waals surface area contributed by atoms with E-state index in [1.54, 1.807) is 0 Å². The molecule has 0 radical (unpaired) electrons. The summed E-state index contributed by atoms with van der Waals surface area (Å²) in [4.78, 5) is 16.9. The van der Waals surface area contributed by atoms with Gasteiger partial charge in [0.25, 0.3) is 0 Å². The van der Waals surface area contributed by atoms with E-state index in [1.807, 2.05) is 83.1 Å². The van der Waals surface area contributed by atoms with Crippen molar-refractivity contribution >= 4 is 16.9 Å². The third-order valence-corrected chi connectivity index (χ3v) is 4.49. The minimum atomic E-state index is -1.10. The molecule has 0 bridgehead atoms. The molecule has 0 saturated carbocycles. The maximum atomic E-state index is 12.2. The molecule has 0 saturated heterocycles. The largest absolute Gasteiger partial charge is 0.479 e. The number of carboxylic acid groups (broad SMARTS) is 1. The van der Waals surface area contributed by atoms with E-state index in [0.29, 0.717) is 11.3 Å². The molecule has 4 nitrogen and oxygen atoms in total. The molecule has 3 rings (SSSR count). The van der Waals surface area contributed by atoms with Crippen LogP contribution < -0.4 is 0 Å². The molecule has 4 heteroatoms. The number of aryl methyl sites for hydroxylation is 2. The maximum Gasteiger partial charge on any atom is 0.337 e. The molecule has 1 unspecified atom stereocenters. The van der Waals surface area contributed by atoms with Crippen LogP contribution in [0.25, 0.3) is 22.0 Å². The number of carboxylic acids is 1. The number of aliphatic carboxylic acids is 1. The van der Waals surface area contributed by atoms with E-state index in [1.165, 1.54) is 0 Å². The second kappa shape index (κ2) is 7.12. The zero-order valence-electron chi connectivity index (χ0n) is 16.4.